The molecule has 0 saturated carbocycles. The number of benzene rings is 1. The molecule has 1 amide bonds. The van der Waals surface area contributed by atoms with Crippen molar-refractivity contribution in [3.8, 4) is 5.75 Å². The van der Waals surface area contributed by atoms with E-state index in [2.05, 4.69) is 5.32 Å². The zero-order chi connectivity index (χ0) is 12.3. The molecule has 0 aliphatic rings. The van der Waals surface area contributed by atoms with Crippen molar-refractivity contribution >= 4 is 11.9 Å². The van der Waals surface area contributed by atoms with Crippen molar-refractivity contribution in [2.75, 3.05) is 0 Å². The lowest BCUT2D eigenvalue weighted by Crippen LogP contribution is -2.38. The fourth-order valence-corrected chi connectivity index (χ4v) is 1.03. The van der Waals surface area contributed by atoms with Gasteiger partial charge in [0.2, 0.25) is 0 Å². The fraction of sp³-hybridized carbons (Fsp3) is 0.200. The molecule has 0 aliphatic heterocycles. The number of rotatable bonds is 3. The summed E-state index contributed by atoms with van der Waals surface area (Å²) in [7, 11) is 0. The number of hydrogen-bond donors (Lipinski definition) is 3. The normalized spacial score (nSPS) is 11.9. The Bertz CT molecular complexity index is 433. The molecule has 6 heteroatoms. The van der Waals surface area contributed by atoms with Gasteiger partial charge in [-0.3, -0.25) is 9.59 Å². The number of carboxylic acids is 1. The number of phenols is 1. The van der Waals surface area contributed by atoms with Crippen molar-refractivity contribution in [2.45, 2.75) is 13.0 Å². The number of nitrogens with one attached hydrogen (secondary N) is 1. The first-order valence-corrected chi connectivity index (χ1v) is 4.44. The third-order valence-electron chi connectivity index (χ3n) is 1.92. The lowest BCUT2D eigenvalue weighted by Gasteiger charge is -2.10. The SMILES string of the molecule is C[C@H](NC(=O)c1cc(F)ccc1O)C(=O)O. The van der Waals surface area contributed by atoms with Gasteiger partial charge in [-0.05, 0) is 25.1 Å². The van der Waals surface area contributed by atoms with Crippen LogP contribution in [-0.2, 0) is 4.79 Å². The first-order chi connectivity index (χ1) is 7.41. The van der Waals surface area contributed by atoms with Gasteiger partial charge < -0.3 is 15.5 Å². The van der Waals surface area contributed by atoms with E-state index in [0.29, 0.717) is 0 Å². The van der Waals surface area contributed by atoms with E-state index in [0.717, 1.165) is 18.2 Å². The Hall–Kier alpha value is -2.11. The van der Waals surface area contributed by atoms with Crippen LogP contribution >= 0.6 is 0 Å². The van der Waals surface area contributed by atoms with Crippen LogP contribution in [0, 0.1) is 5.82 Å². The van der Waals surface area contributed by atoms with E-state index < -0.39 is 29.5 Å². The molecule has 16 heavy (non-hydrogen) atoms. The summed E-state index contributed by atoms with van der Waals surface area (Å²) in [6, 6.07) is 1.73. The largest absolute Gasteiger partial charge is 0.507 e. The number of amides is 1. The molecule has 0 spiro atoms. The van der Waals surface area contributed by atoms with Crippen LogP contribution in [0.2, 0.25) is 0 Å². The number of aromatic hydroxyl groups is 1. The monoisotopic (exact) mass is 227 g/mol. The zero-order valence-electron chi connectivity index (χ0n) is 8.40. The lowest BCUT2D eigenvalue weighted by molar-refractivity contribution is -0.138. The Morgan fingerprint density at radius 1 is 1.44 bits per heavy atom. The maximum Gasteiger partial charge on any atom is 0.325 e. The van der Waals surface area contributed by atoms with Crippen molar-refractivity contribution in [3.63, 3.8) is 0 Å². The molecule has 1 atom stereocenters. The summed E-state index contributed by atoms with van der Waals surface area (Å²) in [6.45, 7) is 1.26. The molecule has 5 nitrogen and oxygen atoms in total. The fourth-order valence-electron chi connectivity index (χ4n) is 1.03. The summed E-state index contributed by atoms with van der Waals surface area (Å²) >= 11 is 0. The number of carbonyl (C=O) groups is 2. The summed E-state index contributed by atoms with van der Waals surface area (Å²) in [4.78, 5) is 21.9. The molecule has 3 N–H and O–H groups in total. The summed E-state index contributed by atoms with van der Waals surface area (Å²) in [6.07, 6.45) is 0. The number of phenolic OH excluding ortho intramolecular Hbond substituents is 1. The van der Waals surface area contributed by atoms with E-state index in [1.807, 2.05) is 0 Å². The van der Waals surface area contributed by atoms with Gasteiger partial charge in [0.15, 0.2) is 0 Å². The number of halogens is 1. The maximum atomic E-state index is 12.8. The van der Waals surface area contributed by atoms with Gasteiger partial charge in [0.1, 0.15) is 17.6 Å². The number of carbonyl (C=O) groups excluding carboxylic acids is 1. The summed E-state index contributed by atoms with van der Waals surface area (Å²) < 4.78 is 12.8. The predicted octanol–water partition coefficient (Wildman–Crippen LogP) is 0.734. The van der Waals surface area contributed by atoms with E-state index in [-0.39, 0.29) is 5.56 Å². The number of carboxylic acid groups (broad SMARTS) is 1. The van der Waals surface area contributed by atoms with Gasteiger partial charge in [0, 0.05) is 0 Å². The first kappa shape index (κ1) is 12.0. The van der Waals surface area contributed by atoms with Crippen molar-refractivity contribution in [3.05, 3.63) is 29.6 Å². The molecular weight excluding hydrogens is 217 g/mol. The second kappa shape index (κ2) is 4.61. The van der Waals surface area contributed by atoms with Crippen molar-refractivity contribution in [1.82, 2.24) is 5.32 Å². The Kier molecular flexibility index (Phi) is 3.44. The minimum Gasteiger partial charge on any atom is -0.507 e. The molecular formula is C10H10FNO4. The summed E-state index contributed by atoms with van der Waals surface area (Å²) in [5.41, 5.74) is -0.298. The Labute approximate surface area is 90.5 Å². The molecule has 0 saturated heterocycles. The number of hydrogen-bond acceptors (Lipinski definition) is 3. The topological polar surface area (TPSA) is 86.6 Å². The van der Waals surface area contributed by atoms with E-state index in [1.165, 1.54) is 6.92 Å². The van der Waals surface area contributed by atoms with Gasteiger partial charge in [-0.25, -0.2) is 4.39 Å². The highest BCUT2D eigenvalue weighted by molar-refractivity contribution is 5.98. The van der Waals surface area contributed by atoms with Gasteiger partial charge in [0.25, 0.3) is 5.91 Å². The average Bonchev–Trinajstić information content (AvgIpc) is 2.21. The van der Waals surface area contributed by atoms with Crippen molar-refractivity contribution in [2.24, 2.45) is 0 Å². The zero-order valence-corrected chi connectivity index (χ0v) is 8.40. The van der Waals surface area contributed by atoms with Crippen LogP contribution in [0.4, 0.5) is 4.39 Å². The molecule has 1 aromatic rings. The Balaban J connectivity index is 2.88. The van der Waals surface area contributed by atoms with E-state index >= 15 is 0 Å². The second-order valence-electron chi connectivity index (χ2n) is 3.19. The first-order valence-electron chi connectivity index (χ1n) is 4.44. The molecule has 86 valence electrons. The van der Waals surface area contributed by atoms with Gasteiger partial charge in [0.05, 0.1) is 5.56 Å². The molecule has 1 rings (SSSR count). The minimum atomic E-state index is -1.22. The van der Waals surface area contributed by atoms with Crippen LogP contribution in [0.3, 0.4) is 0 Å². The van der Waals surface area contributed by atoms with Crippen LogP contribution in [0.1, 0.15) is 17.3 Å². The van der Waals surface area contributed by atoms with Gasteiger partial charge >= 0.3 is 5.97 Å². The maximum absolute atomic E-state index is 12.8. The predicted molar refractivity (Wildman–Crippen MR) is 52.6 cm³/mol. The average molecular weight is 227 g/mol. The Morgan fingerprint density at radius 2 is 2.06 bits per heavy atom. The van der Waals surface area contributed by atoms with Gasteiger partial charge in [-0.2, -0.15) is 0 Å². The van der Waals surface area contributed by atoms with E-state index in [1.54, 1.807) is 0 Å². The third kappa shape index (κ3) is 2.69. The van der Waals surface area contributed by atoms with E-state index in [9.17, 15) is 19.1 Å². The van der Waals surface area contributed by atoms with Crippen LogP contribution in [0.25, 0.3) is 0 Å². The molecule has 0 aromatic heterocycles. The van der Waals surface area contributed by atoms with Gasteiger partial charge in [-0.15, -0.1) is 0 Å². The minimum absolute atomic E-state index is 0.298. The third-order valence-corrected chi connectivity index (χ3v) is 1.92. The summed E-state index contributed by atoms with van der Waals surface area (Å²) in [5.74, 6) is -3.15. The van der Waals surface area contributed by atoms with E-state index in [4.69, 9.17) is 5.11 Å². The smallest absolute Gasteiger partial charge is 0.325 e. The van der Waals surface area contributed by atoms with Gasteiger partial charge in [-0.1, -0.05) is 0 Å². The molecule has 0 aliphatic carbocycles. The standard InChI is InChI=1S/C10H10FNO4/c1-5(10(15)16)12-9(14)7-4-6(11)2-3-8(7)13/h2-5,13H,1H3,(H,12,14)(H,15,16)/t5-/m0/s1. The highest BCUT2D eigenvalue weighted by Crippen LogP contribution is 2.17. The molecule has 1 aromatic carbocycles. The highest BCUT2D eigenvalue weighted by Gasteiger charge is 2.18. The quantitative estimate of drug-likeness (QED) is 0.710. The summed E-state index contributed by atoms with van der Waals surface area (Å²) in [5, 5.41) is 19.9. The van der Waals surface area contributed by atoms with Crippen molar-refractivity contribution in [1.29, 1.82) is 0 Å². The highest BCUT2D eigenvalue weighted by atomic mass is 19.1. The molecule has 0 fully saturated rings. The van der Waals surface area contributed by atoms with Crippen LogP contribution in [0.15, 0.2) is 18.2 Å². The molecule has 0 heterocycles. The van der Waals surface area contributed by atoms with Crippen LogP contribution in [0.5, 0.6) is 5.75 Å². The molecule has 0 unspecified atom stereocenters. The van der Waals surface area contributed by atoms with Crippen LogP contribution in [-0.4, -0.2) is 28.1 Å². The lowest BCUT2D eigenvalue weighted by atomic mass is 10.1. The second-order valence-corrected chi connectivity index (χ2v) is 3.19. The Morgan fingerprint density at radius 3 is 2.62 bits per heavy atom. The van der Waals surface area contributed by atoms with Crippen molar-refractivity contribution < 1.29 is 24.2 Å². The molecule has 0 radical (unpaired) electrons. The number of aliphatic carboxylic acids is 1. The molecule has 0 bridgehead atoms. The van der Waals surface area contributed by atoms with Crippen LogP contribution < -0.4 is 5.32 Å².